The van der Waals surface area contributed by atoms with Crippen molar-refractivity contribution >= 4 is 5.97 Å². The van der Waals surface area contributed by atoms with Crippen molar-refractivity contribution in [2.24, 2.45) is 0 Å². The van der Waals surface area contributed by atoms with Gasteiger partial charge in [-0.25, -0.2) is 9.18 Å². The number of nitrogens with zero attached hydrogens (tertiary/aromatic N) is 1. The molecular formula is C28H28FNO6. The number of hydrogen-bond acceptors (Lipinski definition) is 5. The fourth-order valence-electron chi connectivity index (χ4n) is 5.39. The van der Waals surface area contributed by atoms with Gasteiger partial charge in [-0.15, -0.1) is 0 Å². The molecule has 188 valence electrons. The Morgan fingerprint density at radius 2 is 1.92 bits per heavy atom. The SMILES string of the molecule is COCCCOc1cc2c(cc1-c1ccc(F)cc1)-c1cc(=O)c(C(=O)O)cn1[C@H]1[C@@H]2COC1(C)C. The number of carboxylic acids is 1. The van der Waals surface area contributed by atoms with Crippen LogP contribution in [0.5, 0.6) is 5.75 Å². The minimum absolute atomic E-state index is 0.0739. The molecule has 0 unspecified atom stereocenters. The summed E-state index contributed by atoms with van der Waals surface area (Å²) >= 11 is 0. The summed E-state index contributed by atoms with van der Waals surface area (Å²) in [5, 5.41) is 9.60. The van der Waals surface area contributed by atoms with E-state index in [-0.39, 0.29) is 23.3 Å². The van der Waals surface area contributed by atoms with E-state index in [2.05, 4.69) is 0 Å². The molecule has 3 aromatic rings. The average Bonchev–Trinajstić information content (AvgIpc) is 3.17. The standard InChI is InChI=1S/C28H28FNO6/c1-28(2)26-22(15-36-28)19-12-25(35-10-4-9-34-3)18(16-5-7-17(29)8-6-16)11-20(19)23-13-24(31)21(27(32)33)14-30(23)26/h5-8,11-14,22,26H,4,9-10,15H2,1-3H3,(H,32,33)/t22-,26+/m1/s1. The maximum Gasteiger partial charge on any atom is 0.341 e. The van der Waals surface area contributed by atoms with Crippen LogP contribution in [-0.4, -0.2) is 48.2 Å². The topological polar surface area (TPSA) is 87.0 Å². The third kappa shape index (κ3) is 4.10. The molecule has 0 bridgehead atoms. The Kier molecular flexibility index (Phi) is 6.18. The predicted octanol–water partition coefficient (Wildman–Crippen LogP) is 4.88. The zero-order chi connectivity index (χ0) is 25.6. The van der Waals surface area contributed by atoms with Crippen molar-refractivity contribution in [3.05, 3.63) is 75.8 Å². The molecule has 0 saturated carbocycles. The summed E-state index contributed by atoms with van der Waals surface area (Å²) in [7, 11) is 1.64. The number of halogens is 1. The van der Waals surface area contributed by atoms with Crippen LogP contribution >= 0.6 is 0 Å². The second kappa shape index (κ2) is 9.19. The highest BCUT2D eigenvalue weighted by molar-refractivity contribution is 5.88. The molecule has 1 aromatic heterocycles. The Morgan fingerprint density at radius 1 is 1.17 bits per heavy atom. The number of methoxy groups -OCH3 is 1. The van der Waals surface area contributed by atoms with Gasteiger partial charge in [-0.2, -0.15) is 0 Å². The molecule has 0 radical (unpaired) electrons. The molecule has 5 rings (SSSR count). The largest absolute Gasteiger partial charge is 0.493 e. The molecule has 0 amide bonds. The Bertz CT molecular complexity index is 1380. The van der Waals surface area contributed by atoms with Crippen molar-refractivity contribution < 1.29 is 28.5 Å². The van der Waals surface area contributed by atoms with Crippen LogP contribution in [0.2, 0.25) is 0 Å². The molecule has 2 aliphatic heterocycles. The molecule has 36 heavy (non-hydrogen) atoms. The van der Waals surface area contributed by atoms with Crippen LogP contribution in [0.1, 0.15) is 48.1 Å². The molecule has 3 heterocycles. The van der Waals surface area contributed by atoms with Gasteiger partial charge in [0.05, 0.1) is 30.6 Å². The third-order valence-corrected chi connectivity index (χ3v) is 7.07. The van der Waals surface area contributed by atoms with Gasteiger partial charge in [-0.3, -0.25) is 4.79 Å². The lowest BCUT2D eigenvalue weighted by atomic mass is 9.78. The summed E-state index contributed by atoms with van der Waals surface area (Å²) in [5.74, 6) is -1.03. The zero-order valence-corrected chi connectivity index (χ0v) is 20.4. The van der Waals surface area contributed by atoms with Crippen LogP contribution < -0.4 is 10.2 Å². The van der Waals surface area contributed by atoms with Gasteiger partial charge in [-0.1, -0.05) is 12.1 Å². The molecule has 1 N–H and O–H groups in total. The fourth-order valence-corrected chi connectivity index (χ4v) is 5.39. The van der Waals surface area contributed by atoms with Crippen molar-refractivity contribution in [3.63, 3.8) is 0 Å². The second-order valence-electron chi connectivity index (χ2n) is 9.75. The first kappa shape index (κ1) is 24.2. The van der Waals surface area contributed by atoms with Gasteiger partial charge in [0.15, 0.2) is 5.43 Å². The average molecular weight is 494 g/mol. The van der Waals surface area contributed by atoms with Gasteiger partial charge in [-0.05, 0) is 49.2 Å². The van der Waals surface area contributed by atoms with Gasteiger partial charge >= 0.3 is 5.97 Å². The number of ether oxygens (including phenoxy) is 3. The van der Waals surface area contributed by atoms with E-state index in [9.17, 15) is 19.1 Å². The van der Waals surface area contributed by atoms with E-state index < -0.39 is 17.0 Å². The molecular weight excluding hydrogens is 465 g/mol. The number of aromatic nitrogens is 1. The number of hydrogen-bond donors (Lipinski definition) is 1. The van der Waals surface area contributed by atoms with E-state index in [1.165, 1.54) is 24.4 Å². The number of pyridine rings is 1. The van der Waals surface area contributed by atoms with Crippen molar-refractivity contribution in [2.75, 3.05) is 26.9 Å². The molecule has 7 nitrogen and oxygen atoms in total. The van der Waals surface area contributed by atoms with Gasteiger partial charge in [0, 0.05) is 49.4 Å². The van der Waals surface area contributed by atoms with Gasteiger partial charge < -0.3 is 23.9 Å². The lowest BCUT2D eigenvalue weighted by molar-refractivity contribution is 0.0145. The highest BCUT2D eigenvalue weighted by atomic mass is 19.1. The molecule has 0 aliphatic carbocycles. The highest BCUT2D eigenvalue weighted by Gasteiger charge is 2.49. The second-order valence-corrected chi connectivity index (χ2v) is 9.75. The van der Waals surface area contributed by atoms with Crippen LogP contribution in [0.15, 0.2) is 53.5 Å². The molecule has 1 saturated heterocycles. The fraction of sp³-hybridized carbons (Fsp3) is 0.357. The smallest absolute Gasteiger partial charge is 0.341 e. The molecule has 2 aliphatic rings. The maximum absolute atomic E-state index is 13.7. The highest BCUT2D eigenvalue weighted by Crippen LogP contribution is 2.54. The van der Waals surface area contributed by atoms with Gasteiger partial charge in [0.25, 0.3) is 0 Å². The summed E-state index contributed by atoms with van der Waals surface area (Å²) in [4.78, 5) is 24.5. The van der Waals surface area contributed by atoms with Crippen LogP contribution in [0.25, 0.3) is 22.4 Å². The van der Waals surface area contributed by atoms with Crippen LogP contribution in [0.3, 0.4) is 0 Å². The summed E-state index contributed by atoms with van der Waals surface area (Å²) in [6.45, 7) is 5.39. The minimum atomic E-state index is -1.26. The Labute approximate surface area is 208 Å². The zero-order valence-electron chi connectivity index (χ0n) is 20.4. The van der Waals surface area contributed by atoms with Crippen LogP contribution in [-0.2, 0) is 9.47 Å². The predicted molar refractivity (Wildman–Crippen MR) is 132 cm³/mol. The number of carbonyl (C=O) groups is 1. The van der Waals surface area contributed by atoms with E-state index >= 15 is 0 Å². The Hall–Kier alpha value is -3.49. The monoisotopic (exact) mass is 493 g/mol. The van der Waals surface area contributed by atoms with Crippen molar-refractivity contribution in [2.45, 2.75) is 37.8 Å². The molecule has 1 fully saturated rings. The lowest BCUT2D eigenvalue weighted by Gasteiger charge is -2.38. The molecule has 2 atom stereocenters. The molecule has 8 heteroatoms. The normalized spacial score (nSPS) is 19.3. The van der Waals surface area contributed by atoms with Crippen molar-refractivity contribution in [1.29, 1.82) is 0 Å². The summed E-state index contributed by atoms with van der Waals surface area (Å²) in [6, 6.07) is 11.3. The number of carboxylic acid groups (broad SMARTS) is 1. The third-order valence-electron chi connectivity index (χ3n) is 7.07. The van der Waals surface area contributed by atoms with E-state index in [1.54, 1.807) is 19.2 Å². The number of benzene rings is 2. The minimum Gasteiger partial charge on any atom is -0.493 e. The molecule has 0 spiro atoms. The van der Waals surface area contributed by atoms with E-state index in [0.29, 0.717) is 37.7 Å². The Balaban J connectivity index is 1.73. The van der Waals surface area contributed by atoms with Crippen molar-refractivity contribution in [3.8, 4) is 28.1 Å². The first-order valence-electron chi connectivity index (χ1n) is 11.9. The first-order chi connectivity index (χ1) is 17.2. The van der Waals surface area contributed by atoms with Crippen LogP contribution in [0.4, 0.5) is 4.39 Å². The molecule has 2 aromatic carbocycles. The van der Waals surface area contributed by atoms with E-state index in [4.69, 9.17) is 14.2 Å². The number of aromatic carboxylic acids is 1. The number of rotatable bonds is 7. The van der Waals surface area contributed by atoms with Crippen molar-refractivity contribution in [1.82, 2.24) is 4.57 Å². The van der Waals surface area contributed by atoms with Gasteiger partial charge in [0.1, 0.15) is 17.1 Å². The summed E-state index contributed by atoms with van der Waals surface area (Å²) in [6.07, 6.45) is 2.14. The Morgan fingerprint density at radius 3 is 2.61 bits per heavy atom. The van der Waals surface area contributed by atoms with E-state index in [1.807, 2.05) is 30.5 Å². The lowest BCUT2D eigenvalue weighted by Crippen LogP contribution is -2.36. The van der Waals surface area contributed by atoms with E-state index in [0.717, 1.165) is 22.3 Å². The maximum atomic E-state index is 13.7. The number of fused-ring (bicyclic) bond motifs is 6. The summed E-state index contributed by atoms with van der Waals surface area (Å²) < 4.78 is 33.1. The quantitative estimate of drug-likeness (QED) is 0.472. The van der Waals surface area contributed by atoms with Crippen LogP contribution in [0, 0.1) is 5.82 Å². The first-order valence-corrected chi connectivity index (χ1v) is 11.9. The summed E-state index contributed by atoms with van der Waals surface area (Å²) in [5.41, 5.74) is 2.49. The van der Waals surface area contributed by atoms with Gasteiger partial charge in [0.2, 0.25) is 0 Å².